The summed E-state index contributed by atoms with van der Waals surface area (Å²) in [6, 6.07) is 5.38. The topological polar surface area (TPSA) is 41.5 Å². The van der Waals surface area contributed by atoms with Crippen molar-refractivity contribution in [3.8, 4) is 11.5 Å². The number of rotatable bonds is 2. The Labute approximate surface area is 77.3 Å². The van der Waals surface area contributed by atoms with E-state index in [0.717, 1.165) is 24.4 Å². The Morgan fingerprint density at radius 1 is 1.46 bits per heavy atom. The third kappa shape index (κ3) is 1.35. The summed E-state index contributed by atoms with van der Waals surface area (Å²) in [5.74, 6) is 1.52. The highest BCUT2D eigenvalue weighted by Crippen LogP contribution is 2.35. The average Bonchev–Trinajstić information content (AvgIpc) is 2.05. The molecule has 1 fully saturated rings. The highest BCUT2D eigenvalue weighted by Gasteiger charge is 2.25. The van der Waals surface area contributed by atoms with Gasteiger partial charge in [0.05, 0.1) is 7.11 Å². The zero-order chi connectivity index (χ0) is 9.26. The van der Waals surface area contributed by atoms with Crippen LogP contribution in [0.1, 0.15) is 11.5 Å². The number of nitrogens with one attached hydrogen (secondary N) is 1. The van der Waals surface area contributed by atoms with Gasteiger partial charge < -0.3 is 15.2 Å². The zero-order valence-electron chi connectivity index (χ0n) is 7.58. The molecule has 13 heavy (non-hydrogen) atoms. The molecular weight excluding hydrogens is 166 g/mol. The molecule has 0 bridgehead atoms. The van der Waals surface area contributed by atoms with Crippen LogP contribution in [-0.4, -0.2) is 25.3 Å². The summed E-state index contributed by atoms with van der Waals surface area (Å²) in [6.07, 6.45) is 0. The minimum atomic E-state index is 0.339. The van der Waals surface area contributed by atoms with E-state index < -0.39 is 0 Å². The summed E-state index contributed by atoms with van der Waals surface area (Å²) >= 11 is 0. The van der Waals surface area contributed by atoms with Crippen molar-refractivity contribution >= 4 is 0 Å². The molecule has 0 saturated carbocycles. The van der Waals surface area contributed by atoms with Gasteiger partial charge in [0.25, 0.3) is 0 Å². The molecule has 1 saturated heterocycles. The number of aromatic hydroxyl groups is 1. The largest absolute Gasteiger partial charge is 0.508 e. The lowest BCUT2D eigenvalue weighted by Gasteiger charge is -2.29. The first-order valence-electron chi connectivity index (χ1n) is 4.39. The lowest BCUT2D eigenvalue weighted by Crippen LogP contribution is -2.40. The van der Waals surface area contributed by atoms with Crippen molar-refractivity contribution < 1.29 is 9.84 Å². The lowest BCUT2D eigenvalue weighted by molar-refractivity contribution is 0.368. The van der Waals surface area contributed by atoms with Crippen LogP contribution < -0.4 is 10.1 Å². The van der Waals surface area contributed by atoms with Gasteiger partial charge in [-0.15, -0.1) is 0 Å². The molecule has 0 spiro atoms. The minimum absolute atomic E-state index is 0.339. The van der Waals surface area contributed by atoms with Gasteiger partial charge in [0, 0.05) is 24.6 Å². The van der Waals surface area contributed by atoms with Crippen LogP contribution in [0.15, 0.2) is 18.2 Å². The van der Waals surface area contributed by atoms with Crippen LogP contribution in [0.2, 0.25) is 0 Å². The maximum Gasteiger partial charge on any atom is 0.126 e. The van der Waals surface area contributed by atoms with Crippen molar-refractivity contribution in [2.24, 2.45) is 0 Å². The van der Waals surface area contributed by atoms with Crippen molar-refractivity contribution in [2.75, 3.05) is 20.2 Å². The number of hydrogen-bond acceptors (Lipinski definition) is 3. The fourth-order valence-electron chi connectivity index (χ4n) is 1.61. The normalized spacial score (nSPS) is 16.7. The van der Waals surface area contributed by atoms with Gasteiger partial charge in [-0.05, 0) is 12.1 Å². The standard InChI is InChI=1S/C10H13NO2/c1-13-9-4-2-3-8(12)10(9)7-5-11-6-7/h2-4,7,11-12H,5-6H2,1H3. The molecule has 1 heterocycles. The third-order valence-electron chi connectivity index (χ3n) is 2.45. The molecule has 1 aromatic carbocycles. The Kier molecular flexibility index (Phi) is 2.10. The number of ether oxygens (including phenoxy) is 1. The van der Waals surface area contributed by atoms with Gasteiger partial charge >= 0.3 is 0 Å². The van der Waals surface area contributed by atoms with E-state index in [9.17, 15) is 5.11 Å². The summed E-state index contributed by atoms with van der Waals surface area (Å²) in [6.45, 7) is 1.85. The molecule has 0 aromatic heterocycles. The second kappa shape index (κ2) is 3.26. The van der Waals surface area contributed by atoms with Crippen LogP contribution in [0.4, 0.5) is 0 Å². The molecule has 70 valence electrons. The number of phenols is 1. The van der Waals surface area contributed by atoms with Crippen molar-refractivity contribution in [3.63, 3.8) is 0 Å². The van der Waals surface area contributed by atoms with Gasteiger partial charge in [0.2, 0.25) is 0 Å². The highest BCUT2D eigenvalue weighted by molar-refractivity contribution is 5.47. The average molecular weight is 179 g/mol. The Balaban J connectivity index is 2.39. The fourth-order valence-corrected chi connectivity index (χ4v) is 1.61. The first kappa shape index (κ1) is 8.38. The minimum Gasteiger partial charge on any atom is -0.508 e. The molecule has 1 aliphatic rings. The fraction of sp³-hybridized carbons (Fsp3) is 0.400. The van der Waals surface area contributed by atoms with E-state index in [4.69, 9.17) is 4.74 Å². The predicted molar refractivity (Wildman–Crippen MR) is 50.3 cm³/mol. The zero-order valence-corrected chi connectivity index (χ0v) is 7.58. The molecular formula is C10H13NO2. The third-order valence-corrected chi connectivity index (χ3v) is 2.45. The molecule has 0 atom stereocenters. The van der Waals surface area contributed by atoms with Crippen molar-refractivity contribution in [1.82, 2.24) is 5.32 Å². The van der Waals surface area contributed by atoms with Crippen LogP contribution in [0.25, 0.3) is 0 Å². The van der Waals surface area contributed by atoms with E-state index >= 15 is 0 Å². The van der Waals surface area contributed by atoms with Gasteiger partial charge in [-0.25, -0.2) is 0 Å². The number of phenolic OH excluding ortho intramolecular Hbond substituents is 1. The van der Waals surface area contributed by atoms with Crippen LogP contribution in [0, 0.1) is 0 Å². The molecule has 3 nitrogen and oxygen atoms in total. The molecule has 2 N–H and O–H groups in total. The second-order valence-electron chi connectivity index (χ2n) is 3.25. The van der Waals surface area contributed by atoms with Crippen LogP contribution in [0.5, 0.6) is 11.5 Å². The first-order valence-corrected chi connectivity index (χ1v) is 4.39. The van der Waals surface area contributed by atoms with Crippen LogP contribution in [0.3, 0.4) is 0 Å². The quantitative estimate of drug-likeness (QED) is 0.714. The SMILES string of the molecule is COc1cccc(O)c1C1CNC1. The molecule has 1 aliphatic heterocycles. The maximum absolute atomic E-state index is 9.65. The van der Waals surface area contributed by atoms with E-state index in [2.05, 4.69) is 5.32 Å². The van der Waals surface area contributed by atoms with Crippen molar-refractivity contribution in [3.05, 3.63) is 23.8 Å². The van der Waals surface area contributed by atoms with E-state index in [1.165, 1.54) is 0 Å². The first-order chi connectivity index (χ1) is 6.33. The van der Waals surface area contributed by atoms with Crippen LogP contribution in [-0.2, 0) is 0 Å². The van der Waals surface area contributed by atoms with Gasteiger partial charge in [-0.2, -0.15) is 0 Å². The summed E-state index contributed by atoms with van der Waals surface area (Å²) < 4.78 is 5.20. The summed E-state index contributed by atoms with van der Waals surface area (Å²) in [7, 11) is 1.63. The van der Waals surface area contributed by atoms with Gasteiger partial charge in [0.15, 0.2) is 0 Å². The van der Waals surface area contributed by atoms with Crippen LogP contribution >= 0.6 is 0 Å². The molecule has 1 aromatic rings. The van der Waals surface area contributed by atoms with E-state index in [1.54, 1.807) is 19.2 Å². The van der Waals surface area contributed by atoms with E-state index in [1.807, 2.05) is 6.07 Å². The van der Waals surface area contributed by atoms with Gasteiger partial charge in [-0.1, -0.05) is 6.07 Å². The molecule has 0 radical (unpaired) electrons. The monoisotopic (exact) mass is 179 g/mol. The predicted octanol–water partition coefficient (Wildman–Crippen LogP) is 1.09. The number of benzene rings is 1. The highest BCUT2D eigenvalue weighted by atomic mass is 16.5. The van der Waals surface area contributed by atoms with E-state index in [-0.39, 0.29) is 0 Å². The number of methoxy groups -OCH3 is 1. The second-order valence-corrected chi connectivity index (χ2v) is 3.25. The Hall–Kier alpha value is -1.22. The van der Waals surface area contributed by atoms with Crippen molar-refractivity contribution in [2.45, 2.75) is 5.92 Å². The maximum atomic E-state index is 9.65. The molecule has 0 amide bonds. The summed E-state index contributed by atoms with van der Waals surface area (Å²) in [5.41, 5.74) is 0.934. The molecule has 3 heteroatoms. The van der Waals surface area contributed by atoms with Gasteiger partial charge in [-0.3, -0.25) is 0 Å². The van der Waals surface area contributed by atoms with E-state index in [0.29, 0.717) is 11.7 Å². The van der Waals surface area contributed by atoms with Gasteiger partial charge in [0.1, 0.15) is 11.5 Å². The molecule has 2 rings (SSSR count). The van der Waals surface area contributed by atoms with Crippen molar-refractivity contribution in [1.29, 1.82) is 0 Å². The lowest BCUT2D eigenvalue weighted by atomic mass is 9.92. The smallest absolute Gasteiger partial charge is 0.126 e. The molecule has 0 aliphatic carbocycles. The summed E-state index contributed by atoms with van der Waals surface area (Å²) in [5, 5.41) is 12.8. The Bertz CT molecular complexity index is 308. The molecule has 0 unspecified atom stereocenters. The Morgan fingerprint density at radius 2 is 2.23 bits per heavy atom. The summed E-state index contributed by atoms with van der Waals surface area (Å²) in [4.78, 5) is 0. The Morgan fingerprint density at radius 3 is 2.77 bits per heavy atom. The number of hydrogen-bond donors (Lipinski definition) is 2.